The van der Waals surface area contributed by atoms with Crippen molar-refractivity contribution in [2.45, 2.75) is 4.90 Å². The van der Waals surface area contributed by atoms with E-state index in [1.165, 1.54) is 30.3 Å². The zero-order valence-corrected chi connectivity index (χ0v) is 15.0. The lowest BCUT2D eigenvalue weighted by molar-refractivity contribution is -0.142. The van der Waals surface area contributed by atoms with Crippen LogP contribution in [0.4, 0.5) is 5.69 Å². The molecule has 0 unspecified atom stereocenters. The number of halogens is 1. The summed E-state index contributed by atoms with van der Waals surface area (Å²) in [6.07, 6.45) is 2.52. The zero-order chi connectivity index (χ0) is 18.4. The highest BCUT2D eigenvalue weighted by molar-refractivity contribution is 9.10. The Hall–Kier alpha value is -2.43. The number of esters is 1. The van der Waals surface area contributed by atoms with Crippen LogP contribution in [0.2, 0.25) is 0 Å². The summed E-state index contributed by atoms with van der Waals surface area (Å²) in [5.74, 6) is -0.846. The number of hydrogen-bond acceptors (Lipinski definition) is 6. The predicted molar refractivity (Wildman–Crippen MR) is 92.8 cm³/mol. The molecule has 8 nitrogen and oxygen atoms in total. The van der Waals surface area contributed by atoms with Crippen molar-refractivity contribution in [3.8, 4) is 0 Å². The second-order valence-electron chi connectivity index (χ2n) is 4.70. The first-order valence-corrected chi connectivity index (χ1v) is 9.11. The molecule has 0 spiro atoms. The molecule has 10 heteroatoms. The van der Waals surface area contributed by atoms with Gasteiger partial charge in [0, 0.05) is 11.8 Å². The van der Waals surface area contributed by atoms with Crippen molar-refractivity contribution in [3.05, 3.63) is 52.9 Å². The molecule has 1 amide bonds. The SMILES string of the molecule is NS(=O)(=O)c1ccc(NC(=O)COC(=O)/C=C/c2ccc(Br)o2)cc1. The molecule has 0 saturated carbocycles. The second kappa shape index (κ2) is 8.10. The molecule has 0 saturated heterocycles. The van der Waals surface area contributed by atoms with Crippen molar-refractivity contribution in [2.75, 3.05) is 11.9 Å². The number of primary sulfonamides is 1. The predicted octanol–water partition coefficient (Wildman–Crippen LogP) is 1.88. The fraction of sp³-hybridized carbons (Fsp3) is 0.0667. The molecule has 0 aliphatic carbocycles. The van der Waals surface area contributed by atoms with Gasteiger partial charge in [-0.2, -0.15) is 0 Å². The zero-order valence-electron chi connectivity index (χ0n) is 12.6. The Kier molecular flexibility index (Phi) is 6.12. The summed E-state index contributed by atoms with van der Waals surface area (Å²) in [5, 5.41) is 7.43. The number of amides is 1. The van der Waals surface area contributed by atoms with Crippen LogP contribution in [-0.2, 0) is 24.3 Å². The number of nitrogens with one attached hydrogen (secondary N) is 1. The van der Waals surface area contributed by atoms with Gasteiger partial charge in [-0.15, -0.1) is 0 Å². The van der Waals surface area contributed by atoms with Crippen LogP contribution in [-0.4, -0.2) is 26.9 Å². The smallest absolute Gasteiger partial charge is 0.331 e. The molecule has 1 heterocycles. The number of benzene rings is 1. The third kappa shape index (κ3) is 6.18. The summed E-state index contributed by atoms with van der Waals surface area (Å²) in [6.45, 7) is -0.498. The minimum absolute atomic E-state index is 0.0772. The van der Waals surface area contributed by atoms with Crippen LogP contribution in [0.25, 0.3) is 6.08 Å². The largest absolute Gasteiger partial charge is 0.452 e. The first-order valence-electron chi connectivity index (χ1n) is 6.77. The number of hydrogen-bond donors (Lipinski definition) is 2. The van der Waals surface area contributed by atoms with Crippen LogP contribution in [0.15, 0.2) is 56.5 Å². The van der Waals surface area contributed by atoms with Crippen LogP contribution in [0.1, 0.15) is 5.76 Å². The maximum atomic E-state index is 11.7. The lowest BCUT2D eigenvalue weighted by Crippen LogP contribution is -2.20. The average molecular weight is 429 g/mol. The van der Waals surface area contributed by atoms with E-state index in [0.29, 0.717) is 16.1 Å². The Labute approximate surface area is 151 Å². The minimum atomic E-state index is -3.80. The van der Waals surface area contributed by atoms with Crippen LogP contribution in [0.5, 0.6) is 0 Å². The van der Waals surface area contributed by atoms with Gasteiger partial charge >= 0.3 is 5.97 Å². The molecule has 1 aromatic heterocycles. The number of rotatable bonds is 6. The number of sulfonamides is 1. The molecular weight excluding hydrogens is 416 g/mol. The van der Waals surface area contributed by atoms with Crippen LogP contribution in [0.3, 0.4) is 0 Å². The fourth-order valence-electron chi connectivity index (χ4n) is 1.68. The van der Waals surface area contributed by atoms with E-state index in [1.54, 1.807) is 12.1 Å². The van der Waals surface area contributed by atoms with Crippen molar-refractivity contribution in [3.63, 3.8) is 0 Å². The topological polar surface area (TPSA) is 129 Å². The van der Waals surface area contributed by atoms with Crippen molar-refractivity contribution < 1.29 is 27.2 Å². The Balaban J connectivity index is 1.82. The molecule has 1 aromatic carbocycles. The third-order valence-electron chi connectivity index (χ3n) is 2.79. The van der Waals surface area contributed by atoms with Gasteiger partial charge in [-0.05, 0) is 58.4 Å². The van der Waals surface area contributed by atoms with E-state index in [4.69, 9.17) is 14.3 Å². The van der Waals surface area contributed by atoms with Gasteiger partial charge in [-0.25, -0.2) is 18.4 Å². The highest BCUT2D eigenvalue weighted by Gasteiger charge is 2.09. The summed E-state index contributed by atoms with van der Waals surface area (Å²) in [6, 6.07) is 8.55. The highest BCUT2D eigenvalue weighted by Crippen LogP contribution is 2.15. The summed E-state index contributed by atoms with van der Waals surface area (Å²) in [5.41, 5.74) is 0.337. The van der Waals surface area contributed by atoms with Gasteiger partial charge in [0.1, 0.15) is 5.76 Å². The third-order valence-corrected chi connectivity index (χ3v) is 4.15. The lowest BCUT2D eigenvalue weighted by Gasteiger charge is -2.06. The molecule has 0 atom stereocenters. The van der Waals surface area contributed by atoms with Crippen molar-refractivity contribution in [2.24, 2.45) is 5.14 Å². The molecule has 2 aromatic rings. The first kappa shape index (κ1) is 18.9. The summed E-state index contributed by atoms with van der Waals surface area (Å²) < 4.78 is 32.7. The fourth-order valence-corrected chi connectivity index (χ4v) is 2.51. The van der Waals surface area contributed by atoms with Gasteiger partial charge in [0.05, 0.1) is 4.90 Å². The van der Waals surface area contributed by atoms with E-state index in [9.17, 15) is 18.0 Å². The standard InChI is InChI=1S/C15H13BrN2O6S/c16-13-7-3-11(24-13)4-8-15(20)23-9-14(19)18-10-1-5-12(6-2-10)25(17,21)22/h1-8H,9H2,(H,18,19)(H2,17,21,22)/b8-4+. The van der Waals surface area contributed by atoms with Crippen molar-refractivity contribution in [1.29, 1.82) is 0 Å². The molecule has 132 valence electrons. The number of furan rings is 1. The number of carbonyl (C=O) groups is 2. The normalized spacial score (nSPS) is 11.4. The van der Waals surface area contributed by atoms with Crippen LogP contribution in [0, 0.1) is 0 Å². The van der Waals surface area contributed by atoms with Crippen molar-refractivity contribution in [1.82, 2.24) is 0 Å². The molecule has 2 rings (SSSR count). The number of carbonyl (C=O) groups excluding carboxylic acids is 2. The van der Waals surface area contributed by atoms with Gasteiger partial charge in [-0.3, -0.25) is 4.79 Å². The number of nitrogens with two attached hydrogens (primary N) is 1. The Bertz CT molecular complexity index is 902. The second-order valence-corrected chi connectivity index (χ2v) is 7.04. The molecule has 3 N–H and O–H groups in total. The number of anilines is 1. The Morgan fingerprint density at radius 1 is 1.20 bits per heavy atom. The quantitative estimate of drug-likeness (QED) is 0.533. The molecule has 0 aliphatic heterocycles. The molecule has 25 heavy (non-hydrogen) atoms. The summed E-state index contributed by atoms with van der Waals surface area (Å²) in [4.78, 5) is 23.1. The van der Waals surface area contributed by atoms with Gasteiger partial charge < -0.3 is 14.5 Å². The van der Waals surface area contributed by atoms with Crippen LogP contribution >= 0.6 is 15.9 Å². The Morgan fingerprint density at radius 2 is 1.88 bits per heavy atom. The average Bonchev–Trinajstić information content (AvgIpc) is 2.96. The van der Waals surface area contributed by atoms with E-state index in [-0.39, 0.29) is 4.90 Å². The maximum Gasteiger partial charge on any atom is 0.331 e. The summed E-state index contributed by atoms with van der Waals surface area (Å²) >= 11 is 3.13. The summed E-state index contributed by atoms with van der Waals surface area (Å²) in [7, 11) is -3.80. The van der Waals surface area contributed by atoms with E-state index >= 15 is 0 Å². The van der Waals surface area contributed by atoms with Gasteiger partial charge in [0.2, 0.25) is 10.0 Å². The van der Waals surface area contributed by atoms with Gasteiger partial charge in [-0.1, -0.05) is 0 Å². The van der Waals surface area contributed by atoms with Gasteiger partial charge in [0.15, 0.2) is 11.3 Å². The molecule has 0 fully saturated rings. The van der Waals surface area contributed by atoms with E-state index < -0.39 is 28.5 Å². The molecular formula is C15H13BrN2O6S. The highest BCUT2D eigenvalue weighted by atomic mass is 79.9. The monoisotopic (exact) mass is 428 g/mol. The maximum absolute atomic E-state index is 11.7. The molecule has 0 aliphatic rings. The molecule has 0 radical (unpaired) electrons. The van der Waals surface area contributed by atoms with E-state index in [1.807, 2.05) is 0 Å². The minimum Gasteiger partial charge on any atom is -0.452 e. The number of ether oxygens (including phenoxy) is 1. The lowest BCUT2D eigenvalue weighted by atomic mass is 10.3. The van der Waals surface area contributed by atoms with Gasteiger partial charge in [0.25, 0.3) is 5.91 Å². The van der Waals surface area contributed by atoms with Crippen molar-refractivity contribution >= 4 is 49.6 Å². The van der Waals surface area contributed by atoms with E-state index in [2.05, 4.69) is 21.2 Å². The van der Waals surface area contributed by atoms with Crippen LogP contribution < -0.4 is 10.5 Å². The molecule has 0 bridgehead atoms. The first-order chi connectivity index (χ1) is 11.7. The van der Waals surface area contributed by atoms with E-state index in [0.717, 1.165) is 6.08 Å². The Morgan fingerprint density at radius 3 is 2.44 bits per heavy atom.